The average molecular weight is 530 g/mol. The zero-order valence-electron chi connectivity index (χ0n) is 23.2. The zero-order valence-corrected chi connectivity index (χ0v) is 24.0. The number of aryl methyl sites for hydroxylation is 1. The Bertz CT molecular complexity index is 1110. The summed E-state index contributed by atoms with van der Waals surface area (Å²) in [6.45, 7) is 10.3. The number of sulfonamides is 1. The minimum atomic E-state index is -3.51. The highest BCUT2D eigenvalue weighted by atomic mass is 32.2. The van der Waals surface area contributed by atoms with E-state index in [4.69, 9.17) is 0 Å². The van der Waals surface area contributed by atoms with Gasteiger partial charge in [0.05, 0.1) is 11.9 Å². The second kappa shape index (κ2) is 13.6. The predicted molar refractivity (Wildman–Crippen MR) is 151 cm³/mol. The Morgan fingerprint density at radius 1 is 0.919 bits per heavy atom. The Labute approximate surface area is 223 Å². The largest absolute Gasteiger partial charge is 0.350 e. The molecule has 1 atom stereocenters. The fourth-order valence-electron chi connectivity index (χ4n) is 4.25. The van der Waals surface area contributed by atoms with Crippen LogP contribution in [0.3, 0.4) is 0 Å². The summed E-state index contributed by atoms with van der Waals surface area (Å²) in [6.07, 6.45) is 3.66. The van der Waals surface area contributed by atoms with Crippen molar-refractivity contribution in [3.8, 4) is 0 Å². The molecule has 204 valence electrons. The average Bonchev–Trinajstić information content (AvgIpc) is 2.83. The maximum absolute atomic E-state index is 13.5. The van der Waals surface area contributed by atoms with Crippen molar-refractivity contribution in [2.45, 2.75) is 78.3 Å². The van der Waals surface area contributed by atoms with E-state index >= 15 is 0 Å². The number of anilines is 1. The number of hydrogen-bond acceptors (Lipinski definition) is 4. The number of amides is 2. The molecule has 0 spiro atoms. The lowest BCUT2D eigenvalue weighted by Crippen LogP contribution is -2.54. The second-order valence-corrected chi connectivity index (χ2v) is 12.4. The standard InChI is InChI=1S/C29H43N3O4S/c1-7-23-16-18-25(19-17-23)32(37(6,35)36)21-12-15-27(33)31(22-20-24-13-10-9-11-14-24)26(8-2)28(34)30-29(3,4)5/h9-11,13-14,16-19,26H,7-8,12,15,20-22H2,1-6H3,(H,30,34). The number of carbonyl (C=O) groups is 2. The Kier molecular flexibility index (Phi) is 11.2. The lowest BCUT2D eigenvalue weighted by molar-refractivity contribution is -0.141. The minimum Gasteiger partial charge on any atom is -0.350 e. The molecule has 0 aliphatic rings. The van der Waals surface area contributed by atoms with E-state index < -0.39 is 21.6 Å². The summed E-state index contributed by atoms with van der Waals surface area (Å²) in [7, 11) is -3.51. The summed E-state index contributed by atoms with van der Waals surface area (Å²) in [5.41, 5.74) is 2.39. The molecule has 2 rings (SSSR count). The smallest absolute Gasteiger partial charge is 0.243 e. The van der Waals surface area contributed by atoms with Crippen LogP contribution in [0.2, 0.25) is 0 Å². The minimum absolute atomic E-state index is 0.146. The molecule has 0 saturated heterocycles. The Morgan fingerprint density at radius 3 is 2.05 bits per heavy atom. The van der Waals surface area contributed by atoms with E-state index in [9.17, 15) is 18.0 Å². The molecule has 0 heterocycles. The van der Waals surface area contributed by atoms with Gasteiger partial charge in [0.2, 0.25) is 21.8 Å². The fourth-order valence-corrected chi connectivity index (χ4v) is 5.22. The van der Waals surface area contributed by atoms with Crippen molar-refractivity contribution in [3.05, 3.63) is 65.7 Å². The van der Waals surface area contributed by atoms with Gasteiger partial charge in [-0.1, -0.05) is 56.3 Å². The lowest BCUT2D eigenvalue weighted by Gasteiger charge is -2.33. The van der Waals surface area contributed by atoms with Crippen LogP contribution >= 0.6 is 0 Å². The summed E-state index contributed by atoms with van der Waals surface area (Å²) in [5.74, 6) is -0.327. The monoisotopic (exact) mass is 529 g/mol. The van der Waals surface area contributed by atoms with Crippen molar-refractivity contribution in [3.63, 3.8) is 0 Å². The topological polar surface area (TPSA) is 86.8 Å². The molecule has 2 aromatic rings. The fraction of sp³-hybridized carbons (Fsp3) is 0.517. The van der Waals surface area contributed by atoms with Gasteiger partial charge in [-0.25, -0.2) is 8.42 Å². The maximum atomic E-state index is 13.5. The van der Waals surface area contributed by atoms with E-state index in [1.807, 2.05) is 77.1 Å². The molecule has 0 aliphatic carbocycles. The van der Waals surface area contributed by atoms with Crippen LogP contribution in [-0.4, -0.2) is 56.1 Å². The van der Waals surface area contributed by atoms with Gasteiger partial charge in [-0.3, -0.25) is 13.9 Å². The van der Waals surface area contributed by atoms with Gasteiger partial charge >= 0.3 is 0 Å². The molecule has 37 heavy (non-hydrogen) atoms. The molecule has 1 unspecified atom stereocenters. The normalized spacial score (nSPS) is 12.6. The van der Waals surface area contributed by atoms with E-state index in [1.54, 1.807) is 17.0 Å². The molecule has 1 N–H and O–H groups in total. The molecule has 0 aliphatic heterocycles. The quantitative estimate of drug-likeness (QED) is 0.412. The second-order valence-electron chi connectivity index (χ2n) is 10.4. The number of hydrogen-bond donors (Lipinski definition) is 1. The van der Waals surface area contributed by atoms with Crippen molar-refractivity contribution in [2.24, 2.45) is 0 Å². The van der Waals surface area contributed by atoms with Gasteiger partial charge in [-0.2, -0.15) is 0 Å². The van der Waals surface area contributed by atoms with Crippen LogP contribution < -0.4 is 9.62 Å². The number of nitrogens with one attached hydrogen (secondary N) is 1. The SMILES string of the molecule is CCc1ccc(N(CCCC(=O)N(CCc2ccccc2)C(CC)C(=O)NC(C)(C)C)S(C)(=O)=O)cc1. The van der Waals surface area contributed by atoms with Crippen LogP contribution in [0, 0.1) is 0 Å². The molecular weight excluding hydrogens is 486 g/mol. The zero-order chi connectivity index (χ0) is 27.6. The van der Waals surface area contributed by atoms with Gasteiger partial charge in [0.15, 0.2) is 0 Å². The molecule has 2 aromatic carbocycles. The van der Waals surface area contributed by atoms with Crippen molar-refractivity contribution in [2.75, 3.05) is 23.7 Å². The molecular formula is C29H43N3O4S. The maximum Gasteiger partial charge on any atom is 0.243 e. The molecule has 2 amide bonds. The molecule has 0 radical (unpaired) electrons. The van der Waals surface area contributed by atoms with Crippen molar-refractivity contribution < 1.29 is 18.0 Å². The van der Waals surface area contributed by atoms with Crippen LogP contribution in [0.15, 0.2) is 54.6 Å². The first-order valence-electron chi connectivity index (χ1n) is 13.1. The van der Waals surface area contributed by atoms with Gasteiger partial charge in [0.25, 0.3) is 0 Å². The number of benzene rings is 2. The molecule has 0 aromatic heterocycles. The van der Waals surface area contributed by atoms with E-state index in [1.165, 1.54) is 10.6 Å². The van der Waals surface area contributed by atoms with E-state index in [2.05, 4.69) is 5.32 Å². The number of carbonyl (C=O) groups excluding carboxylic acids is 2. The van der Waals surface area contributed by atoms with Crippen LogP contribution in [0.4, 0.5) is 5.69 Å². The summed E-state index contributed by atoms with van der Waals surface area (Å²) in [6, 6.07) is 16.7. The third kappa shape index (κ3) is 9.84. The van der Waals surface area contributed by atoms with Crippen LogP contribution in [-0.2, 0) is 32.5 Å². The highest BCUT2D eigenvalue weighted by Crippen LogP contribution is 2.20. The van der Waals surface area contributed by atoms with Crippen molar-refractivity contribution >= 4 is 27.5 Å². The summed E-state index contributed by atoms with van der Waals surface area (Å²) >= 11 is 0. The first-order valence-corrected chi connectivity index (χ1v) is 14.9. The van der Waals surface area contributed by atoms with Gasteiger partial charge in [0.1, 0.15) is 6.04 Å². The molecule has 8 heteroatoms. The lowest BCUT2D eigenvalue weighted by atomic mass is 10.0. The van der Waals surface area contributed by atoms with Gasteiger partial charge in [-0.15, -0.1) is 0 Å². The summed E-state index contributed by atoms with van der Waals surface area (Å²) in [5, 5.41) is 3.01. The first-order chi connectivity index (χ1) is 17.4. The van der Waals surface area contributed by atoms with Crippen LogP contribution in [0.1, 0.15) is 65.0 Å². The summed E-state index contributed by atoms with van der Waals surface area (Å²) < 4.78 is 26.4. The van der Waals surface area contributed by atoms with Gasteiger partial charge in [0, 0.05) is 25.0 Å². The van der Waals surface area contributed by atoms with Crippen molar-refractivity contribution in [1.29, 1.82) is 0 Å². The first kappa shape index (κ1) is 30.4. The number of nitrogens with zero attached hydrogens (tertiary/aromatic N) is 2. The molecule has 0 bridgehead atoms. The van der Waals surface area contributed by atoms with Crippen LogP contribution in [0.25, 0.3) is 0 Å². The number of rotatable bonds is 13. The van der Waals surface area contributed by atoms with Crippen LogP contribution in [0.5, 0.6) is 0 Å². The van der Waals surface area contributed by atoms with Gasteiger partial charge < -0.3 is 10.2 Å². The molecule has 7 nitrogen and oxygen atoms in total. The summed E-state index contributed by atoms with van der Waals surface area (Å²) in [4.78, 5) is 28.2. The molecule has 0 fully saturated rings. The predicted octanol–water partition coefficient (Wildman–Crippen LogP) is 4.56. The third-order valence-corrected chi connectivity index (χ3v) is 7.35. The van der Waals surface area contributed by atoms with Crippen molar-refractivity contribution in [1.82, 2.24) is 10.2 Å². The Hall–Kier alpha value is -2.87. The van der Waals surface area contributed by atoms with E-state index in [0.717, 1.165) is 17.5 Å². The van der Waals surface area contributed by atoms with Gasteiger partial charge in [-0.05, 0) is 69.7 Å². The molecule has 0 saturated carbocycles. The van der Waals surface area contributed by atoms with E-state index in [0.29, 0.717) is 31.5 Å². The van der Waals surface area contributed by atoms with E-state index in [-0.39, 0.29) is 24.8 Å². The Balaban J connectivity index is 2.17. The Morgan fingerprint density at radius 2 is 1.54 bits per heavy atom. The third-order valence-electron chi connectivity index (χ3n) is 6.15. The highest BCUT2D eigenvalue weighted by Gasteiger charge is 2.30. The highest BCUT2D eigenvalue weighted by molar-refractivity contribution is 7.92.